The fourth-order valence-corrected chi connectivity index (χ4v) is 4.47. The van der Waals surface area contributed by atoms with E-state index >= 15 is 0 Å². The van der Waals surface area contributed by atoms with Crippen LogP contribution in [0.4, 0.5) is 11.6 Å². The van der Waals surface area contributed by atoms with Crippen LogP contribution in [0.5, 0.6) is 0 Å². The fraction of sp³-hybridized carbons (Fsp3) is 0.333. The first kappa shape index (κ1) is 20.8. The Morgan fingerprint density at radius 3 is 2.73 bits per heavy atom. The van der Waals surface area contributed by atoms with Crippen molar-refractivity contribution >= 4 is 22.4 Å². The largest absolute Gasteiger partial charge is 0.362 e. The van der Waals surface area contributed by atoms with Gasteiger partial charge in [-0.15, -0.1) is 15.3 Å². The van der Waals surface area contributed by atoms with Gasteiger partial charge in [-0.1, -0.05) is 12.1 Å². The molecule has 1 aliphatic rings. The van der Waals surface area contributed by atoms with Crippen LogP contribution in [-0.4, -0.2) is 36.5 Å². The zero-order valence-electron chi connectivity index (χ0n) is 19.2. The minimum absolute atomic E-state index is 0.0494. The van der Waals surface area contributed by atoms with Gasteiger partial charge in [-0.2, -0.15) is 10.4 Å². The molecule has 0 saturated carbocycles. The molecule has 1 aliphatic heterocycles. The molecule has 0 bridgehead atoms. The molecular weight excluding hydrogens is 414 g/mol. The van der Waals surface area contributed by atoms with Crippen LogP contribution in [0, 0.1) is 32.1 Å². The van der Waals surface area contributed by atoms with E-state index in [1.165, 1.54) is 0 Å². The number of benzene rings is 1. The van der Waals surface area contributed by atoms with Crippen molar-refractivity contribution in [2.24, 2.45) is 0 Å². The number of aromatic nitrogens is 6. The molecule has 3 aromatic heterocycles. The van der Waals surface area contributed by atoms with Crippen molar-refractivity contribution < 1.29 is 0 Å². The molecule has 0 unspecified atom stereocenters. The molecule has 1 N–H and O–H groups in total. The summed E-state index contributed by atoms with van der Waals surface area (Å²) in [7, 11) is 0. The average molecular weight is 440 g/mol. The number of pyridine rings is 1. The highest BCUT2D eigenvalue weighted by Crippen LogP contribution is 2.30. The standard InChI is InChI=1S/C24H25N9/c1-14-18(11-25)6-5-7-19(14)15(2)27-24-20-10-22(26-12-21(20)16(3)28-31-24)32-8-9-33-17(4)29-30-23(33)13-32/h5-7,10,12,15H,8-9,13H2,1-4H3,(H,27,31)/t15-/m1/s1. The summed E-state index contributed by atoms with van der Waals surface area (Å²) in [5.74, 6) is 3.47. The molecule has 9 nitrogen and oxygen atoms in total. The molecule has 5 rings (SSSR count). The van der Waals surface area contributed by atoms with E-state index < -0.39 is 0 Å². The lowest BCUT2D eigenvalue weighted by molar-refractivity contribution is 0.547. The number of nitriles is 1. The highest BCUT2D eigenvalue weighted by atomic mass is 15.3. The van der Waals surface area contributed by atoms with Crippen LogP contribution in [0.2, 0.25) is 0 Å². The average Bonchev–Trinajstić information content (AvgIpc) is 3.20. The van der Waals surface area contributed by atoms with E-state index in [0.717, 1.165) is 58.1 Å². The van der Waals surface area contributed by atoms with Crippen LogP contribution in [0.25, 0.3) is 10.8 Å². The summed E-state index contributed by atoms with van der Waals surface area (Å²) in [6.07, 6.45) is 1.87. The molecule has 4 heterocycles. The van der Waals surface area contributed by atoms with Gasteiger partial charge < -0.3 is 14.8 Å². The Hall–Kier alpha value is -4.06. The van der Waals surface area contributed by atoms with E-state index in [2.05, 4.69) is 54.2 Å². The fourth-order valence-electron chi connectivity index (χ4n) is 4.47. The third-order valence-corrected chi connectivity index (χ3v) is 6.41. The van der Waals surface area contributed by atoms with Gasteiger partial charge in [-0.25, -0.2) is 4.98 Å². The number of rotatable bonds is 4. The van der Waals surface area contributed by atoms with Gasteiger partial charge in [-0.05, 0) is 51.0 Å². The topological polar surface area (TPSA) is 108 Å². The molecule has 166 valence electrons. The summed E-state index contributed by atoms with van der Waals surface area (Å²) >= 11 is 0. The smallest absolute Gasteiger partial charge is 0.157 e. The molecule has 0 saturated heterocycles. The van der Waals surface area contributed by atoms with Gasteiger partial charge in [0.2, 0.25) is 0 Å². The monoisotopic (exact) mass is 439 g/mol. The predicted molar refractivity (Wildman–Crippen MR) is 126 cm³/mol. The molecule has 0 amide bonds. The van der Waals surface area contributed by atoms with Gasteiger partial charge in [0.05, 0.1) is 29.9 Å². The lowest BCUT2D eigenvalue weighted by atomic mass is 9.98. The van der Waals surface area contributed by atoms with Crippen molar-refractivity contribution in [1.29, 1.82) is 5.26 Å². The van der Waals surface area contributed by atoms with E-state index in [0.29, 0.717) is 17.9 Å². The van der Waals surface area contributed by atoms with Crippen molar-refractivity contribution in [2.75, 3.05) is 16.8 Å². The highest BCUT2D eigenvalue weighted by Gasteiger charge is 2.22. The molecule has 1 atom stereocenters. The first-order valence-corrected chi connectivity index (χ1v) is 11.0. The van der Waals surface area contributed by atoms with E-state index in [4.69, 9.17) is 4.98 Å². The quantitative estimate of drug-likeness (QED) is 0.514. The Kier molecular flexibility index (Phi) is 5.13. The van der Waals surface area contributed by atoms with Crippen LogP contribution >= 0.6 is 0 Å². The van der Waals surface area contributed by atoms with Gasteiger partial charge in [-0.3, -0.25) is 0 Å². The summed E-state index contributed by atoms with van der Waals surface area (Å²) in [6.45, 7) is 10.3. The second-order valence-electron chi connectivity index (χ2n) is 8.46. The third-order valence-electron chi connectivity index (χ3n) is 6.41. The molecule has 0 fully saturated rings. The van der Waals surface area contributed by atoms with Crippen molar-refractivity contribution in [3.05, 3.63) is 64.5 Å². The molecule has 4 aromatic rings. The first-order valence-electron chi connectivity index (χ1n) is 11.0. The second-order valence-corrected chi connectivity index (χ2v) is 8.46. The van der Waals surface area contributed by atoms with Gasteiger partial charge in [0.25, 0.3) is 0 Å². The Bertz CT molecular complexity index is 1400. The minimum Gasteiger partial charge on any atom is -0.362 e. The predicted octanol–water partition coefficient (Wildman–Crippen LogP) is 3.61. The van der Waals surface area contributed by atoms with E-state index in [9.17, 15) is 5.26 Å². The minimum atomic E-state index is -0.0494. The van der Waals surface area contributed by atoms with Gasteiger partial charge >= 0.3 is 0 Å². The molecule has 1 aromatic carbocycles. The van der Waals surface area contributed by atoms with Crippen LogP contribution in [0.15, 0.2) is 30.5 Å². The first-order chi connectivity index (χ1) is 16.0. The third kappa shape index (κ3) is 3.63. The van der Waals surface area contributed by atoms with E-state index in [1.807, 2.05) is 45.2 Å². The highest BCUT2D eigenvalue weighted by molar-refractivity contribution is 5.94. The van der Waals surface area contributed by atoms with Crippen molar-refractivity contribution in [3.8, 4) is 6.07 Å². The Labute approximate surface area is 192 Å². The summed E-state index contributed by atoms with van der Waals surface area (Å²) in [4.78, 5) is 6.94. The van der Waals surface area contributed by atoms with E-state index in [1.54, 1.807) is 0 Å². The number of hydrogen-bond donors (Lipinski definition) is 1. The summed E-state index contributed by atoms with van der Waals surface area (Å²) in [5, 5.41) is 32.2. The number of fused-ring (bicyclic) bond motifs is 2. The molecule has 0 spiro atoms. The maximum atomic E-state index is 9.39. The van der Waals surface area contributed by atoms with Crippen LogP contribution in [0.1, 0.15) is 47.0 Å². The number of nitrogens with zero attached hydrogens (tertiary/aromatic N) is 8. The van der Waals surface area contributed by atoms with Crippen molar-refractivity contribution in [3.63, 3.8) is 0 Å². The second kappa shape index (κ2) is 8.13. The summed E-state index contributed by atoms with van der Waals surface area (Å²) in [5.41, 5.74) is 3.55. The summed E-state index contributed by atoms with van der Waals surface area (Å²) < 4.78 is 2.15. The lowest BCUT2D eigenvalue weighted by Gasteiger charge is -2.29. The zero-order chi connectivity index (χ0) is 23.1. The number of aryl methyl sites for hydroxylation is 2. The molecule has 33 heavy (non-hydrogen) atoms. The zero-order valence-corrected chi connectivity index (χ0v) is 19.2. The number of nitrogens with one attached hydrogen (secondary N) is 1. The number of hydrogen-bond acceptors (Lipinski definition) is 8. The molecule has 0 radical (unpaired) electrons. The van der Waals surface area contributed by atoms with Crippen molar-refractivity contribution in [1.82, 2.24) is 29.9 Å². The number of anilines is 2. The Morgan fingerprint density at radius 2 is 1.91 bits per heavy atom. The maximum absolute atomic E-state index is 9.39. The van der Waals surface area contributed by atoms with Crippen molar-refractivity contribution in [2.45, 2.75) is 46.8 Å². The van der Waals surface area contributed by atoms with Gasteiger partial charge in [0, 0.05) is 30.1 Å². The lowest BCUT2D eigenvalue weighted by Crippen LogP contribution is -2.34. The molecule has 9 heteroatoms. The normalized spacial score (nSPS) is 14.1. The van der Waals surface area contributed by atoms with Crippen LogP contribution in [-0.2, 0) is 13.1 Å². The molecule has 0 aliphatic carbocycles. The van der Waals surface area contributed by atoms with E-state index in [-0.39, 0.29) is 6.04 Å². The Balaban J connectivity index is 1.50. The van der Waals surface area contributed by atoms with Gasteiger partial charge in [0.15, 0.2) is 11.6 Å². The Morgan fingerprint density at radius 1 is 1.06 bits per heavy atom. The molecular formula is C24H25N9. The van der Waals surface area contributed by atoms with Gasteiger partial charge in [0.1, 0.15) is 11.6 Å². The summed E-state index contributed by atoms with van der Waals surface area (Å²) in [6, 6.07) is 10.1. The maximum Gasteiger partial charge on any atom is 0.157 e. The van der Waals surface area contributed by atoms with Crippen LogP contribution in [0.3, 0.4) is 0 Å². The van der Waals surface area contributed by atoms with Crippen LogP contribution < -0.4 is 10.2 Å². The SMILES string of the molecule is Cc1c(C#N)cccc1[C@@H](C)Nc1nnc(C)c2cnc(N3CCn4c(C)nnc4C3)cc12.